The fraction of sp³-hybridized carbons (Fsp3) is 0.333. The molecule has 1 aromatic carbocycles. The van der Waals surface area contributed by atoms with Gasteiger partial charge in [0.05, 0.1) is 17.4 Å². The van der Waals surface area contributed by atoms with E-state index in [-0.39, 0.29) is 5.91 Å². The van der Waals surface area contributed by atoms with Crippen LogP contribution >= 0.6 is 27.3 Å². The van der Waals surface area contributed by atoms with Gasteiger partial charge in [0, 0.05) is 28.6 Å². The second-order valence-corrected chi connectivity index (χ2v) is 9.11. The molecule has 28 heavy (non-hydrogen) atoms. The van der Waals surface area contributed by atoms with Crippen molar-refractivity contribution in [2.24, 2.45) is 5.92 Å². The lowest BCUT2D eigenvalue weighted by molar-refractivity contribution is 0.0935. The maximum absolute atomic E-state index is 12.5. The van der Waals surface area contributed by atoms with Crippen molar-refractivity contribution >= 4 is 33.2 Å². The van der Waals surface area contributed by atoms with Gasteiger partial charge in [0.1, 0.15) is 0 Å². The molecule has 2 aromatic heterocycles. The molecule has 0 radical (unpaired) electrons. The minimum atomic E-state index is -0.0515. The van der Waals surface area contributed by atoms with Gasteiger partial charge in [0.25, 0.3) is 5.91 Å². The van der Waals surface area contributed by atoms with Crippen molar-refractivity contribution in [3.63, 3.8) is 0 Å². The van der Waals surface area contributed by atoms with E-state index in [1.165, 1.54) is 4.88 Å². The van der Waals surface area contributed by atoms with Crippen LogP contribution in [0.2, 0.25) is 0 Å². The SMILES string of the molecule is O=C(NCC1CCN(Cc2cccs2)CC1)c1cnn(-c2ccc(Br)cc2)c1. The van der Waals surface area contributed by atoms with Crippen LogP contribution in [0.15, 0.2) is 58.6 Å². The molecule has 146 valence electrons. The van der Waals surface area contributed by atoms with E-state index in [1.807, 2.05) is 35.6 Å². The zero-order valence-electron chi connectivity index (χ0n) is 15.6. The summed E-state index contributed by atoms with van der Waals surface area (Å²) in [5, 5.41) is 9.53. The van der Waals surface area contributed by atoms with Gasteiger partial charge in [-0.3, -0.25) is 9.69 Å². The molecule has 0 unspecified atom stereocenters. The molecule has 1 saturated heterocycles. The van der Waals surface area contributed by atoms with Crippen LogP contribution in [0.5, 0.6) is 0 Å². The van der Waals surface area contributed by atoms with E-state index in [0.29, 0.717) is 11.5 Å². The average Bonchev–Trinajstić information content (AvgIpc) is 3.40. The smallest absolute Gasteiger partial charge is 0.254 e. The van der Waals surface area contributed by atoms with Gasteiger partial charge in [0.2, 0.25) is 0 Å². The molecule has 1 fully saturated rings. The van der Waals surface area contributed by atoms with E-state index >= 15 is 0 Å². The second-order valence-electron chi connectivity index (χ2n) is 7.16. The molecule has 5 nitrogen and oxygen atoms in total. The summed E-state index contributed by atoms with van der Waals surface area (Å²) in [5.41, 5.74) is 1.53. The van der Waals surface area contributed by atoms with E-state index in [9.17, 15) is 4.79 Å². The van der Waals surface area contributed by atoms with Crippen molar-refractivity contribution in [2.45, 2.75) is 19.4 Å². The molecule has 1 amide bonds. The van der Waals surface area contributed by atoms with Crippen molar-refractivity contribution in [3.05, 3.63) is 69.1 Å². The Balaban J connectivity index is 1.24. The molecular weight excluding hydrogens is 436 g/mol. The number of benzene rings is 1. The van der Waals surface area contributed by atoms with Crippen LogP contribution < -0.4 is 5.32 Å². The van der Waals surface area contributed by atoms with E-state index in [0.717, 1.165) is 49.2 Å². The summed E-state index contributed by atoms with van der Waals surface area (Å²) < 4.78 is 2.74. The summed E-state index contributed by atoms with van der Waals surface area (Å²) in [4.78, 5) is 16.4. The molecule has 4 rings (SSSR count). The Bertz CT molecular complexity index is 899. The van der Waals surface area contributed by atoms with Gasteiger partial charge in [0.15, 0.2) is 0 Å². The maximum Gasteiger partial charge on any atom is 0.254 e. The highest BCUT2D eigenvalue weighted by molar-refractivity contribution is 9.10. The molecule has 3 aromatic rings. The number of piperidine rings is 1. The summed E-state index contributed by atoms with van der Waals surface area (Å²) in [6, 6.07) is 12.2. The highest BCUT2D eigenvalue weighted by Crippen LogP contribution is 2.20. The lowest BCUT2D eigenvalue weighted by Crippen LogP contribution is -2.38. The summed E-state index contributed by atoms with van der Waals surface area (Å²) in [6.07, 6.45) is 5.66. The third-order valence-electron chi connectivity index (χ3n) is 5.15. The molecule has 0 bridgehead atoms. The van der Waals surface area contributed by atoms with Crippen molar-refractivity contribution in [3.8, 4) is 5.69 Å². The first-order chi connectivity index (χ1) is 13.7. The number of nitrogens with one attached hydrogen (secondary N) is 1. The quantitative estimate of drug-likeness (QED) is 0.597. The van der Waals surface area contributed by atoms with Gasteiger partial charge in [-0.2, -0.15) is 5.10 Å². The molecule has 1 aliphatic heterocycles. The number of amides is 1. The molecule has 0 spiro atoms. The summed E-state index contributed by atoms with van der Waals surface area (Å²) >= 11 is 5.25. The van der Waals surface area contributed by atoms with Gasteiger partial charge in [-0.05, 0) is 67.6 Å². The zero-order chi connectivity index (χ0) is 19.3. The fourth-order valence-corrected chi connectivity index (χ4v) is 4.50. The average molecular weight is 459 g/mol. The highest BCUT2D eigenvalue weighted by Gasteiger charge is 2.20. The Morgan fingerprint density at radius 3 is 2.71 bits per heavy atom. The van der Waals surface area contributed by atoms with Crippen LogP contribution in [0.25, 0.3) is 5.69 Å². The number of hydrogen-bond donors (Lipinski definition) is 1. The molecule has 7 heteroatoms. The van der Waals surface area contributed by atoms with Crippen LogP contribution in [-0.4, -0.2) is 40.2 Å². The third kappa shape index (κ3) is 4.90. The molecule has 1 N–H and O–H groups in total. The standard InChI is InChI=1S/C21H23BrN4OS/c22-18-3-5-19(6-4-18)26-14-17(13-24-26)21(27)23-12-16-7-9-25(10-8-16)15-20-2-1-11-28-20/h1-6,11,13-14,16H,7-10,12,15H2,(H,23,27). The predicted molar refractivity (Wildman–Crippen MR) is 116 cm³/mol. The van der Waals surface area contributed by atoms with E-state index in [2.05, 4.69) is 48.8 Å². The van der Waals surface area contributed by atoms with Crippen LogP contribution in [0.3, 0.4) is 0 Å². The number of carbonyl (C=O) groups is 1. The molecule has 0 aliphatic carbocycles. The maximum atomic E-state index is 12.5. The Kier molecular flexibility index (Phi) is 6.24. The number of aromatic nitrogens is 2. The minimum absolute atomic E-state index is 0.0515. The van der Waals surface area contributed by atoms with Gasteiger partial charge in [-0.25, -0.2) is 4.68 Å². The zero-order valence-corrected chi connectivity index (χ0v) is 18.0. The van der Waals surface area contributed by atoms with Crippen molar-refractivity contribution < 1.29 is 4.79 Å². The van der Waals surface area contributed by atoms with Crippen LogP contribution in [0.4, 0.5) is 0 Å². The number of hydrogen-bond acceptors (Lipinski definition) is 4. The summed E-state index contributed by atoms with van der Waals surface area (Å²) in [7, 11) is 0. The molecule has 0 atom stereocenters. The Hall–Kier alpha value is -1.96. The summed E-state index contributed by atoms with van der Waals surface area (Å²) in [5.74, 6) is 0.495. The monoisotopic (exact) mass is 458 g/mol. The first-order valence-corrected chi connectivity index (χ1v) is 11.2. The first-order valence-electron chi connectivity index (χ1n) is 9.51. The van der Waals surface area contributed by atoms with Crippen molar-refractivity contribution in [2.75, 3.05) is 19.6 Å². The van der Waals surface area contributed by atoms with E-state index in [4.69, 9.17) is 0 Å². The lowest BCUT2D eigenvalue weighted by atomic mass is 9.96. The van der Waals surface area contributed by atoms with Gasteiger partial charge in [-0.15, -0.1) is 11.3 Å². The number of nitrogens with zero attached hydrogens (tertiary/aromatic N) is 3. The summed E-state index contributed by atoms with van der Waals surface area (Å²) in [6.45, 7) is 3.97. The van der Waals surface area contributed by atoms with Gasteiger partial charge < -0.3 is 5.32 Å². The Morgan fingerprint density at radius 1 is 1.21 bits per heavy atom. The van der Waals surface area contributed by atoms with E-state index < -0.39 is 0 Å². The normalized spacial score (nSPS) is 15.6. The third-order valence-corrected chi connectivity index (χ3v) is 6.54. The van der Waals surface area contributed by atoms with Crippen molar-refractivity contribution in [1.29, 1.82) is 0 Å². The number of carbonyl (C=O) groups excluding carboxylic acids is 1. The lowest BCUT2D eigenvalue weighted by Gasteiger charge is -2.31. The highest BCUT2D eigenvalue weighted by atomic mass is 79.9. The number of thiophene rings is 1. The second kappa shape index (κ2) is 9.03. The fourth-order valence-electron chi connectivity index (χ4n) is 3.49. The number of halogens is 1. The largest absolute Gasteiger partial charge is 0.352 e. The van der Waals surface area contributed by atoms with Crippen molar-refractivity contribution in [1.82, 2.24) is 20.0 Å². The van der Waals surface area contributed by atoms with Crippen LogP contribution in [0, 0.1) is 5.92 Å². The predicted octanol–water partition coefficient (Wildman–Crippen LogP) is 4.34. The number of rotatable bonds is 6. The first kappa shape index (κ1) is 19.4. The molecule has 3 heterocycles. The van der Waals surface area contributed by atoms with E-state index in [1.54, 1.807) is 17.1 Å². The minimum Gasteiger partial charge on any atom is -0.352 e. The topological polar surface area (TPSA) is 50.2 Å². The molecular formula is C21H23BrN4OS. The Morgan fingerprint density at radius 2 is 2.00 bits per heavy atom. The number of likely N-dealkylation sites (tertiary alicyclic amines) is 1. The molecule has 1 aliphatic rings. The van der Waals surface area contributed by atoms with Crippen LogP contribution in [-0.2, 0) is 6.54 Å². The van der Waals surface area contributed by atoms with Crippen LogP contribution in [0.1, 0.15) is 28.1 Å². The van der Waals surface area contributed by atoms with Gasteiger partial charge >= 0.3 is 0 Å². The Labute approximate surface area is 177 Å². The molecule has 0 saturated carbocycles. The van der Waals surface area contributed by atoms with Gasteiger partial charge in [-0.1, -0.05) is 22.0 Å².